The van der Waals surface area contributed by atoms with Gasteiger partial charge in [-0.2, -0.15) is 0 Å². The molecule has 1 unspecified atom stereocenters. The van der Waals surface area contributed by atoms with E-state index in [2.05, 4.69) is 0 Å². The fourth-order valence-corrected chi connectivity index (χ4v) is 4.05. The molecule has 1 saturated heterocycles. The summed E-state index contributed by atoms with van der Waals surface area (Å²) in [5.41, 5.74) is 2.95. The van der Waals surface area contributed by atoms with Crippen molar-refractivity contribution in [2.24, 2.45) is 0 Å². The minimum atomic E-state index is -0.302. The largest absolute Gasteiger partial charge is 0.336 e. The average molecular weight is 362 g/mol. The van der Waals surface area contributed by atoms with Crippen molar-refractivity contribution in [2.45, 2.75) is 32.2 Å². The van der Waals surface area contributed by atoms with Crippen LogP contribution in [0.4, 0.5) is 0 Å². The SMILES string of the molecule is Cc1ccc2c(c1)C(=O)N(CCC(=O)N1CCCC1c1ccccc1)C2=O. The number of fused-ring (bicyclic) bond motifs is 1. The number of carbonyl (C=O) groups is 3. The smallest absolute Gasteiger partial charge is 0.261 e. The van der Waals surface area contributed by atoms with Gasteiger partial charge in [0.05, 0.1) is 17.2 Å². The Morgan fingerprint density at radius 3 is 2.56 bits per heavy atom. The summed E-state index contributed by atoms with van der Waals surface area (Å²) in [6.45, 7) is 2.74. The van der Waals surface area contributed by atoms with E-state index in [1.807, 2.05) is 48.2 Å². The molecule has 2 aromatic rings. The number of likely N-dealkylation sites (tertiary alicyclic amines) is 1. The molecule has 27 heavy (non-hydrogen) atoms. The van der Waals surface area contributed by atoms with E-state index in [0.29, 0.717) is 11.1 Å². The monoisotopic (exact) mass is 362 g/mol. The van der Waals surface area contributed by atoms with E-state index in [0.717, 1.165) is 30.5 Å². The molecular formula is C22H22N2O3. The summed E-state index contributed by atoms with van der Waals surface area (Å²) in [5, 5.41) is 0. The number of hydrogen-bond acceptors (Lipinski definition) is 3. The first-order valence-corrected chi connectivity index (χ1v) is 9.37. The molecule has 1 fully saturated rings. The van der Waals surface area contributed by atoms with Crippen molar-refractivity contribution in [3.8, 4) is 0 Å². The van der Waals surface area contributed by atoms with Crippen LogP contribution < -0.4 is 0 Å². The van der Waals surface area contributed by atoms with E-state index in [9.17, 15) is 14.4 Å². The molecule has 0 radical (unpaired) electrons. The topological polar surface area (TPSA) is 57.7 Å². The number of rotatable bonds is 4. The molecule has 4 rings (SSSR count). The van der Waals surface area contributed by atoms with Crippen LogP contribution in [0.5, 0.6) is 0 Å². The first-order valence-electron chi connectivity index (χ1n) is 9.37. The van der Waals surface area contributed by atoms with E-state index in [4.69, 9.17) is 0 Å². The van der Waals surface area contributed by atoms with Gasteiger partial charge in [-0.05, 0) is 37.5 Å². The lowest BCUT2D eigenvalue weighted by atomic mass is 10.0. The molecule has 2 heterocycles. The molecular weight excluding hydrogens is 340 g/mol. The van der Waals surface area contributed by atoms with Crippen molar-refractivity contribution in [1.82, 2.24) is 9.80 Å². The molecule has 2 aromatic carbocycles. The van der Waals surface area contributed by atoms with E-state index in [1.54, 1.807) is 12.1 Å². The van der Waals surface area contributed by atoms with Gasteiger partial charge in [0.2, 0.25) is 5.91 Å². The molecule has 0 N–H and O–H groups in total. The first kappa shape index (κ1) is 17.5. The van der Waals surface area contributed by atoms with Crippen molar-refractivity contribution in [3.05, 3.63) is 70.8 Å². The zero-order valence-corrected chi connectivity index (χ0v) is 15.4. The van der Waals surface area contributed by atoms with Crippen LogP contribution in [-0.4, -0.2) is 40.6 Å². The standard InChI is InChI=1S/C22H22N2O3/c1-15-9-10-17-18(14-15)22(27)24(21(17)26)13-11-20(25)23-12-5-8-19(23)16-6-3-2-4-7-16/h2-4,6-7,9-10,14,19H,5,8,11-13H2,1H3. The van der Waals surface area contributed by atoms with Crippen LogP contribution in [0.3, 0.4) is 0 Å². The van der Waals surface area contributed by atoms with Crippen LogP contribution in [0.25, 0.3) is 0 Å². The maximum atomic E-state index is 12.8. The Morgan fingerprint density at radius 2 is 1.78 bits per heavy atom. The van der Waals surface area contributed by atoms with E-state index in [1.165, 1.54) is 4.90 Å². The van der Waals surface area contributed by atoms with Crippen LogP contribution >= 0.6 is 0 Å². The summed E-state index contributed by atoms with van der Waals surface area (Å²) in [7, 11) is 0. The Bertz CT molecular complexity index is 907. The molecule has 2 aliphatic rings. The van der Waals surface area contributed by atoms with Crippen LogP contribution in [0.1, 0.15) is 57.1 Å². The molecule has 3 amide bonds. The third-order valence-electron chi connectivity index (χ3n) is 5.43. The predicted molar refractivity (Wildman–Crippen MR) is 101 cm³/mol. The van der Waals surface area contributed by atoms with E-state index in [-0.39, 0.29) is 36.7 Å². The van der Waals surface area contributed by atoms with Crippen LogP contribution in [0.15, 0.2) is 48.5 Å². The van der Waals surface area contributed by atoms with Crippen LogP contribution in [0.2, 0.25) is 0 Å². The Labute approximate surface area is 158 Å². The lowest BCUT2D eigenvalue weighted by molar-refractivity contribution is -0.132. The quantitative estimate of drug-likeness (QED) is 0.784. The Kier molecular flexibility index (Phi) is 4.52. The maximum absolute atomic E-state index is 12.8. The highest BCUT2D eigenvalue weighted by Crippen LogP contribution is 2.32. The van der Waals surface area contributed by atoms with Crippen molar-refractivity contribution in [3.63, 3.8) is 0 Å². The minimum absolute atomic E-state index is 0.00547. The van der Waals surface area contributed by atoms with Crippen LogP contribution in [-0.2, 0) is 4.79 Å². The zero-order valence-electron chi connectivity index (χ0n) is 15.4. The molecule has 138 valence electrons. The number of benzene rings is 2. The predicted octanol–water partition coefficient (Wildman–Crippen LogP) is 3.34. The van der Waals surface area contributed by atoms with Crippen molar-refractivity contribution in [2.75, 3.05) is 13.1 Å². The van der Waals surface area contributed by atoms with Gasteiger partial charge in [-0.15, -0.1) is 0 Å². The van der Waals surface area contributed by atoms with E-state index >= 15 is 0 Å². The Morgan fingerprint density at radius 1 is 1.04 bits per heavy atom. The van der Waals surface area contributed by atoms with Gasteiger partial charge in [-0.3, -0.25) is 19.3 Å². The number of hydrogen-bond donors (Lipinski definition) is 0. The fraction of sp³-hybridized carbons (Fsp3) is 0.318. The van der Waals surface area contributed by atoms with Crippen molar-refractivity contribution < 1.29 is 14.4 Å². The van der Waals surface area contributed by atoms with Gasteiger partial charge in [-0.1, -0.05) is 42.0 Å². The summed E-state index contributed by atoms with van der Waals surface area (Å²) >= 11 is 0. The summed E-state index contributed by atoms with van der Waals surface area (Å²) in [5.74, 6) is -0.606. The number of carbonyl (C=O) groups excluding carboxylic acids is 3. The zero-order chi connectivity index (χ0) is 19.0. The number of imide groups is 1. The average Bonchev–Trinajstić information content (AvgIpc) is 3.25. The molecule has 5 nitrogen and oxygen atoms in total. The van der Waals surface area contributed by atoms with Gasteiger partial charge in [0.1, 0.15) is 0 Å². The highest BCUT2D eigenvalue weighted by atomic mass is 16.2. The summed E-state index contributed by atoms with van der Waals surface area (Å²) in [6.07, 6.45) is 2.08. The minimum Gasteiger partial charge on any atom is -0.336 e. The lowest BCUT2D eigenvalue weighted by Crippen LogP contribution is -2.36. The molecule has 0 aliphatic carbocycles. The Balaban J connectivity index is 1.44. The second kappa shape index (κ2) is 6.99. The number of aryl methyl sites for hydroxylation is 1. The highest BCUT2D eigenvalue weighted by molar-refractivity contribution is 6.21. The molecule has 0 saturated carbocycles. The van der Waals surface area contributed by atoms with Gasteiger partial charge in [-0.25, -0.2) is 0 Å². The molecule has 0 spiro atoms. The van der Waals surface area contributed by atoms with Crippen LogP contribution in [0, 0.1) is 6.92 Å². The molecule has 1 atom stereocenters. The van der Waals surface area contributed by atoms with Gasteiger partial charge in [0.25, 0.3) is 11.8 Å². The highest BCUT2D eigenvalue weighted by Gasteiger charge is 2.36. The van der Waals surface area contributed by atoms with Crippen molar-refractivity contribution >= 4 is 17.7 Å². The molecule has 5 heteroatoms. The molecule has 0 aromatic heterocycles. The second-order valence-corrected chi connectivity index (χ2v) is 7.22. The molecule has 2 aliphatic heterocycles. The molecule has 0 bridgehead atoms. The van der Waals surface area contributed by atoms with Gasteiger partial charge in [0.15, 0.2) is 0 Å². The second-order valence-electron chi connectivity index (χ2n) is 7.22. The lowest BCUT2D eigenvalue weighted by Gasteiger charge is -2.26. The first-order chi connectivity index (χ1) is 13.1. The van der Waals surface area contributed by atoms with Gasteiger partial charge in [0, 0.05) is 19.5 Å². The number of amides is 3. The summed E-state index contributed by atoms with van der Waals surface area (Å²) < 4.78 is 0. The third-order valence-corrected chi connectivity index (χ3v) is 5.43. The maximum Gasteiger partial charge on any atom is 0.261 e. The summed E-state index contributed by atoms with van der Waals surface area (Å²) in [4.78, 5) is 41.0. The summed E-state index contributed by atoms with van der Waals surface area (Å²) in [6, 6.07) is 15.4. The fourth-order valence-electron chi connectivity index (χ4n) is 4.05. The Hall–Kier alpha value is -2.95. The van der Waals surface area contributed by atoms with Gasteiger partial charge >= 0.3 is 0 Å². The van der Waals surface area contributed by atoms with Crippen molar-refractivity contribution in [1.29, 1.82) is 0 Å². The van der Waals surface area contributed by atoms with Gasteiger partial charge < -0.3 is 4.90 Å². The third kappa shape index (κ3) is 3.14. The normalized spacial score (nSPS) is 18.9. The number of nitrogens with zero attached hydrogens (tertiary/aromatic N) is 2. The van der Waals surface area contributed by atoms with E-state index < -0.39 is 0 Å².